The van der Waals surface area contributed by atoms with Gasteiger partial charge >= 0.3 is 5.97 Å². The van der Waals surface area contributed by atoms with Crippen LogP contribution in [-0.4, -0.2) is 29.8 Å². The van der Waals surface area contributed by atoms with Crippen LogP contribution in [0.3, 0.4) is 0 Å². The third kappa shape index (κ3) is 4.51. The molecule has 4 aromatic rings. The first-order valence-electron chi connectivity index (χ1n) is 10.8. The van der Waals surface area contributed by atoms with Crippen LogP contribution in [0.25, 0.3) is 33.3 Å². The standard InChI is InChI=1S/C27H24FNO4/c1-3-4-14-33-26-19(17-8-6-5-7-9-17)11-12-20(25(26)32-2)24-16-22(27(30)31)21-15-18(28)10-13-23(21)29-24/h5-13,15-16H,3-4,14H2,1-2H3,(H,30,31). The van der Waals surface area contributed by atoms with Crippen LogP contribution in [0.4, 0.5) is 4.39 Å². The quantitative estimate of drug-likeness (QED) is 0.310. The molecule has 0 saturated carbocycles. The number of carboxylic acid groups (broad SMARTS) is 1. The minimum absolute atomic E-state index is 0.0304. The molecule has 1 N–H and O–H groups in total. The predicted octanol–water partition coefficient (Wildman–Crippen LogP) is 6.59. The third-order valence-corrected chi connectivity index (χ3v) is 5.42. The van der Waals surface area contributed by atoms with Crippen LogP contribution in [-0.2, 0) is 0 Å². The number of carboxylic acids is 1. The number of unbranched alkanes of at least 4 members (excludes halogenated alkanes) is 1. The number of carbonyl (C=O) groups is 1. The highest BCUT2D eigenvalue weighted by Gasteiger charge is 2.21. The largest absolute Gasteiger partial charge is 0.492 e. The Morgan fingerprint density at radius 3 is 2.45 bits per heavy atom. The van der Waals surface area contributed by atoms with Crippen LogP contribution < -0.4 is 9.47 Å². The minimum Gasteiger partial charge on any atom is -0.492 e. The van der Waals surface area contributed by atoms with Gasteiger partial charge in [-0.25, -0.2) is 14.2 Å². The van der Waals surface area contributed by atoms with Crippen molar-refractivity contribution in [2.75, 3.05) is 13.7 Å². The molecule has 33 heavy (non-hydrogen) atoms. The molecule has 0 aliphatic heterocycles. The predicted molar refractivity (Wildman–Crippen MR) is 126 cm³/mol. The van der Waals surface area contributed by atoms with E-state index >= 15 is 0 Å². The Morgan fingerprint density at radius 2 is 1.76 bits per heavy atom. The maximum Gasteiger partial charge on any atom is 0.336 e. The van der Waals surface area contributed by atoms with Gasteiger partial charge in [0, 0.05) is 16.5 Å². The Balaban J connectivity index is 1.94. The molecule has 5 nitrogen and oxygen atoms in total. The van der Waals surface area contributed by atoms with E-state index < -0.39 is 11.8 Å². The summed E-state index contributed by atoms with van der Waals surface area (Å²) in [6.45, 7) is 2.60. The molecule has 0 fully saturated rings. The maximum absolute atomic E-state index is 13.8. The first kappa shape index (κ1) is 22.3. The molecule has 1 heterocycles. The number of fused-ring (bicyclic) bond motifs is 1. The van der Waals surface area contributed by atoms with Crippen molar-refractivity contribution in [2.24, 2.45) is 0 Å². The fraction of sp³-hybridized carbons (Fsp3) is 0.185. The number of hydrogen-bond donors (Lipinski definition) is 1. The lowest BCUT2D eigenvalue weighted by atomic mass is 9.98. The summed E-state index contributed by atoms with van der Waals surface area (Å²) < 4.78 is 25.7. The molecule has 0 amide bonds. The van der Waals surface area contributed by atoms with Gasteiger partial charge in [-0.1, -0.05) is 43.7 Å². The summed E-state index contributed by atoms with van der Waals surface area (Å²) >= 11 is 0. The van der Waals surface area contributed by atoms with Crippen molar-refractivity contribution in [3.63, 3.8) is 0 Å². The van der Waals surface area contributed by atoms with Crippen LogP contribution in [0.1, 0.15) is 30.1 Å². The summed E-state index contributed by atoms with van der Waals surface area (Å²) in [5.41, 5.74) is 3.20. The Bertz CT molecular complexity index is 1300. The normalized spacial score (nSPS) is 10.9. The summed E-state index contributed by atoms with van der Waals surface area (Å²) in [5.74, 6) is -0.630. The number of methoxy groups -OCH3 is 1. The van der Waals surface area contributed by atoms with Crippen LogP contribution in [0, 0.1) is 5.82 Å². The maximum atomic E-state index is 13.8. The first-order valence-corrected chi connectivity index (χ1v) is 10.8. The molecule has 0 spiro atoms. The molecule has 1 aromatic heterocycles. The fourth-order valence-corrected chi connectivity index (χ4v) is 3.79. The number of nitrogens with zero attached hydrogens (tertiary/aromatic N) is 1. The summed E-state index contributed by atoms with van der Waals surface area (Å²) in [7, 11) is 1.55. The lowest BCUT2D eigenvalue weighted by molar-refractivity contribution is 0.0699. The van der Waals surface area contributed by atoms with Crippen molar-refractivity contribution in [2.45, 2.75) is 19.8 Å². The van der Waals surface area contributed by atoms with Crippen molar-refractivity contribution in [1.29, 1.82) is 0 Å². The average molecular weight is 445 g/mol. The second-order valence-electron chi connectivity index (χ2n) is 7.61. The average Bonchev–Trinajstić information content (AvgIpc) is 2.83. The molecule has 168 valence electrons. The number of halogens is 1. The van der Waals surface area contributed by atoms with E-state index in [1.54, 1.807) is 7.11 Å². The molecule has 0 aliphatic rings. The molecule has 0 radical (unpaired) electrons. The van der Waals surface area contributed by atoms with E-state index in [-0.39, 0.29) is 10.9 Å². The van der Waals surface area contributed by atoms with Gasteiger partial charge in [-0.15, -0.1) is 0 Å². The second kappa shape index (κ2) is 9.69. The van der Waals surface area contributed by atoms with Gasteiger partial charge in [0.05, 0.1) is 30.5 Å². The van der Waals surface area contributed by atoms with Crippen LogP contribution in [0.2, 0.25) is 0 Å². The molecule has 0 unspecified atom stereocenters. The van der Waals surface area contributed by atoms with Crippen LogP contribution in [0.15, 0.2) is 66.7 Å². The number of aromatic nitrogens is 1. The van der Waals surface area contributed by atoms with Gasteiger partial charge in [-0.2, -0.15) is 0 Å². The second-order valence-corrected chi connectivity index (χ2v) is 7.61. The molecule has 6 heteroatoms. The van der Waals surface area contributed by atoms with E-state index in [9.17, 15) is 14.3 Å². The van der Waals surface area contributed by atoms with Gasteiger partial charge in [0.15, 0.2) is 11.5 Å². The van der Waals surface area contributed by atoms with E-state index in [1.807, 2.05) is 42.5 Å². The minimum atomic E-state index is -1.16. The topological polar surface area (TPSA) is 68.7 Å². The number of ether oxygens (including phenoxy) is 2. The van der Waals surface area contributed by atoms with Gasteiger partial charge in [0.2, 0.25) is 0 Å². The number of aromatic carboxylic acids is 1. The molecule has 0 aliphatic carbocycles. The summed E-state index contributed by atoms with van der Waals surface area (Å²) in [5, 5.41) is 10.00. The smallest absolute Gasteiger partial charge is 0.336 e. The van der Waals surface area contributed by atoms with Gasteiger partial charge in [-0.05, 0) is 48.4 Å². The highest BCUT2D eigenvalue weighted by atomic mass is 19.1. The van der Waals surface area contributed by atoms with E-state index in [1.165, 1.54) is 24.3 Å². The zero-order chi connectivity index (χ0) is 23.4. The lowest BCUT2D eigenvalue weighted by Crippen LogP contribution is -2.04. The Labute approximate surface area is 191 Å². The zero-order valence-corrected chi connectivity index (χ0v) is 18.5. The number of hydrogen-bond acceptors (Lipinski definition) is 4. The van der Waals surface area contributed by atoms with Crippen LogP contribution in [0.5, 0.6) is 11.5 Å². The van der Waals surface area contributed by atoms with Gasteiger partial charge in [0.1, 0.15) is 5.82 Å². The lowest BCUT2D eigenvalue weighted by Gasteiger charge is -2.19. The van der Waals surface area contributed by atoms with Crippen molar-refractivity contribution in [3.8, 4) is 33.9 Å². The third-order valence-electron chi connectivity index (χ3n) is 5.42. The van der Waals surface area contributed by atoms with Crippen LogP contribution >= 0.6 is 0 Å². The van der Waals surface area contributed by atoms with Gasteiger partial charge in [-0.3, -0.25) is 0 Å². The van der Waals surface area contributed by atoms with Crippen molar-refractivity contribution in [1.82, 2.24) is 4.98 Å². The van der Waals surface area contributed by atoms with Gasteiger partial charge in [0.25, 0.3) is 0 Å². The SMILES string of the molecule is CCCCOc1c(-c2ccccc2)ccc(-c2cc(C(=O)O)c3cc(F)ccc3n2)c1OC. The molecule has 3 aromatic carbocycles. The highest BCUT2D eigenvalue weighted by molar-refractivity contribution is 6.04. The zero-order valence-electron chi connectivity index (χ0n) is 18.5. The Kier molecular flexibility index (Phi) is 6.54. The molecule has 0 saturated heterocycles. The van der Waals surface area contributed by atoms with Crippen molar-refractivity contribution >= 4 is 16.9 Å². The first-order chi connectivity index (χ1) is 16.0. The Morgan fingerprint density at radius 1 is 1.00 bits per heavy atom. The van der Waals surface area contributed by atoms with E-state index in [2.05, 4.69) is 11.9 Å². The summed E-state index contributed by atoms with van der Waals surface area (Å²) in [6.07, 6.45) is 1.86. The Hall–Kier alpha value is -3.93. The number of rotatable bonds is 8. The van der Waals surface area contributed by atoms with Gasteiger partial charge < -0.3 is 14.6 Å². The van der Waals surface area contributed by atoms with Crippen molar-refractivity contribution < 1.29 is 23.8 Å². The molecule has 0 bridgehead atoms. The number of benzene rings is 3. The van der Waals surface area contributed by atoms with E-state index in [0.29, 0.717) is 34.9 Å². The number of pyridine rings is 1. The van der Waals surface area contributed by atoms with E-state index in [0.717, 1.165) is 24.0 Å². The summed E-state index contributed by atoms with van der Waals surface area (Å²) in [4.78, 5) is 16.6. The fourth-order valence-electron chi connectivity index (χ4n) is 3.79. The molecular weight excluding hydrogens is 421 g/mol. The highest BCUT2D eigenvalue weighted by Crippen LogP contribution is 2.45. The van der Waals surface area contributed by atoms with Crippen molar-refractivity contribution in [3.05, 3.63) is 78.1 Å². The monoisotopic (exact) mass is 445 g/mol. The molecular formula is C27H24FNO4. The van der Waals surface area contributed by atoms with E-state index in [4.69, 9.17) is 9.47 Å². The molecule has 0 atom stereocenters. The molecule has 4 rings (SSSR count). The summed E-state index contributed by atoms with van der Waals surface area (Å²) in [6, 6.07) is 19.0.